The van der Waals surface area contributed by atoms with Crippen molar-refractivity contribution in [2.75, 3.05) is 0 Å². The zero-order valence-corrected chi connectivity index (χ0v) is 13.2. The molecule has 0 N–H and O–H groups in total. The summed E-state index contributed by atoms with van der Waals surface area (Å²) >= 11 is 0. The van der Waals surface area contributed by atoms with Gasteiger partial charge in [-0.15, -0.1) is 0 Å². The van der Waals surface area contributed by atoms with Crippen LogP contribution in [0.2, 0.25) is 18.1 Å². The summed E-state index contributed by atoms with van der Waals surface area (Å²) in [6, 6.07) is -0.472. The Morgan fingerprint density at radius 3 is 2.06 bits per heavy atom. The van der Waals surface area contributed by atoms with Gasteiger partial charge in [-0.05, 0) is 31.5 Å². The van der Waals surface area contributed by atoms with E-state index in [1.54, 1.807) is 6.92 Å². The monoisotopic (exact) mass is 261 g/mol. The standard InChI is InChI=1S/C12H27NO3Si/c1-10(13(14)15)8-9-11(2)16-17(6,7)12(3,4)5/h10-11H,8-9H2,1-7H3. The minimum atomic E-state index is -1.74. The maximum atomic E-state index is 10.5. The van der Waals surface area contributed by atoms with Gasteiger partial charge in [0.25, 0.3) is 0 Å². The number of hydrogen-bond donors (Lipinski definition) is 0. The van der Waals surface area contributed by atoms with E-state index in [0.29, 0.717) is 6.42 Å². The van der Waals surface area contributed by atoms with E-state index in [0.717, 1.165) is 6.42 Å². The van der Waals surface area contributed by atoms with E-state index in [2.05, 4.69) is 33.9 Å². The van der Waals surface area contributed by atoms with Crippen molar-refractivity contribution in [3.8, 4) is 0 Å². The Balaban J connectivity index is 4.19. The molecule has 0 aliphatic heterocycles. The summed E-state index contributed by atoms with van der Waals surface area (Å²) in [5, 5.41) is 10.7. The van der Waals surface area contributed by atoms with E-state index in [1.165, 1.54) is 0 Å². The molecule has 0 aromatic rings. The molecule has 0 heterocycles. The highest BCUT2D eigenvalue weighted by Gasteiger charge is 2.38. The van der Waals surface area contributed by atoms with Crippen molar-refractivity contribution in [3.05, 3.63) is 10.1 Å². The Labute approximate surface area is 106 Å². The smallest absolute Gasteiger partial charge is 0.210 e. The third-order valence-corrected chi connectivity index (χ3v) is 8.26. The van der Waals surface area contributed by atoms with Gasteiger partial charge in [0.05, 0.1) is 0 Å². The van der Waals surface area contributed by atoms with E-state index in [9.17, 15) is 10.1 Å². The molecule has 0 aliphatic carbocycles. The largest absolute Gasteiger partial charge is 0.414 e. The topological polar surface area (TPSA) is 52.4 Å². The lowest BCUT2D eigenvalue weighted by Gasteiger charge is -2.38. The Bertz CT molecular complexity index is 261. The summed E-state index contributed by atoms with van der Waals surface area (Å²) in [5.41, 5.74) is 0. The zero-order chi connectivity index (χ0) is 13.9. The molecule has 4 nitrogen and oxygen atoms in total. The molecule has 2 unspecified atom stereocenters. The first kappa shape index (κ1) is 16.6. The molecule has 0 saturated heterocycles. The van der Waals surface area contributed by atoms with Crippen molar-refractivity contribution >= 4 is 8.32 Å². The molecular formula is C12H27NO3Si. The summed E-state index contributed by atoms with van der Waals surface area (Å²) < 4.78 is 6.15. The molecule has 0 radical (unpaired) electrons. The second-order valence-electron chi connectivity index (χ2n) is 6.40. The first-order valence-electron chi connectivity index (χ1n) is 6.28. The quantitative estimate of drug-likeness (QED) is 0.414. The summed E-state index contributed by atoms with van der Waals surface area (Å²) in [6.45, 7) is 14.7. The minimum Gasteiger partial charge on any atom is -0.414 e. The number of nitro groups is 1. The fraction of sp³-hybridized carbons (Fsp3) is 1.00. The Morgan fingerprint density at radius 2 is 1.71 bits per heavy atom. The van der Waals surface area contributed by atoms with Gasteiger partial charge in [0.15, 0.2) is 8.32 Å². The van der Waals surface area contributed by atoms with E-state index in [1.807, 2.05) is 6.92 Å². The fourth-order valence-corrected chi connectivity index (χ4v) is 2.80. The molecule has 5 heteroatoms. The Kier molecular flexibility index (Phi) is 5.81. The predicted octanol–water partition coefficient (Wildman–Crippen LogP) is 3.84. The highest BCUT2D eigenvalue weighted by atomic mass is 28.4. The molecule has 2 atom stereocenters. The zero-order valence-electron chi connectivity index (χ0n) is 12.2. The minimum absolute atomic E-state index is 0.110. The highest BCUT2D eigenvalue weighted by Crippen LogP contribution is 2.37. The van der Waals surface area contributed by atoms with Crippen molar-refractivity contribution < 1.29 is 9.35 Å². The highest BCUT2D eigenvalue weighted by molar-refractivity contribution is 6.74. The summed E-state index contributed by atoms with van der Waals surface area (Å²) in [6.07, 6.45) is 1.45. The van der Waals surface area contributed by atoms with Gasteiger partial charge in [-0.3, -0.25) is 10.1 Å². The van der Waals surface area contributed by atoms with Crippen LogP contribution < -0.4 is 0 Å². The van der Waals surface area contributed by atoms with Gasteiger partial charge in [-0.1, -0.05) is 20.8 Å². The fourth-order valence-electron chi connectivity index (χ4n) is 1.32. The van der Waals surface area contributed by atoms with E-state index in [-0.39, 0.29) is 16.1 Å². The van der Waals surface area contributed by atoms with Crippen LogP contribution in [0.4, 0.5) is 0 Å². The molecule has 0 amide bonds. The SMILES string of the molecule is CC(CCC(C)[N+](=O)[O-])O[Si](C)(C)C(C)(C)C. The molecule has 102 valence electrons. The van der Waals surface area contributed by atoms with Gasteiger partial charge < -0.3 is 4.43 Å². The predicted molar refractivity (Wildman–Crippen MR) is 73.4 cm³/mol. The molecule has 0 spiro atoms. The molecule has 0 rings (SSSR count). The molecule has 0 fully saturated rings. The van der Waals surface area contributed by atoms with Crippen LogP contribution in [0.5, 0.6) is 0 Å². The number of nitrogens with zero attached hydrogens (tertiary/aromatic N) is 1. The maximum Gasteiger partial charge on any atom is 0.210 e. The lowest BCUT2D eigenvalue weighted by molar-refractivity contribution is -0.519. The first-order chi connectivity index (χ1) is 7.47. The Hall–Kier alpha value is -0.423. The second kappa shape index (κ2) is 5.95. The molecular weight excluding hydrogens is 234 g/mol. The van der Waals surface area contributed by atoms with Crippen LogP contribution in [0.3, 0.4) is 0 Å². The third-order valence-electron chi connectivity index (χ3n) is 3.65. The molecule has 0 saturated carbocycles. The summed E-state index contributed by atoms with van der Waals surface area (Å²) in [7, 11) is -1.74. The van der Waals surface area contributed by atoms with Gasteiger partial charge in [0, 0.05) is 24.4 Å². The van der Waals surface area contributed by atoms with Crippen molar-refractivity contribution in [1.29, 1.82) is 0 Å². The van der Waals surface area contributed by atoms with Crippen LogP contribution in [-0.4, -0.2) is 25.4 Å². The molecule has 0 aromatic carbocycles. The average molecular weight is 261 g/mol. The molecule has 0 aromatic heterocycles. The number of hydrogen-bond acceptors (Lipinski definition) is 3. The van der Waals surface area contributed by atoms with Gasteiger partial charge in [0.1, 0.15) is 0 Å². The van der Waals surface area contributed by atoms with Crippen LogP contribution >= 0.6 is 0 Å². The molecule has 17 heavy (non-hydrogen) atoms. The van der Waals surface area contributed by atoms with Crippen LogP contribution in [0, 0.1) is 10.1 Å². The van der Waals surface area contributed by atoms with Gasteiger partial charge in [-0.25, -0.2) is 0 Å². The normalized spacial score (nSPS) is 16.6. The van der Waals surface area contributed by atoms with E-state index < -0.39 is 14.4 Å². The van der Waals surface area contributed by atoms with Crippen LogP contribution in [0.1, 0.15) is 47.5 Å². The van der Waals surface area contributed by atoms with Crippen LogP contribution in [0.25, 0.3) is 0 Å². The maximum absolute atomic E-state index is 10.5. The van der Waals surface area contributed by atoms with Crippen molar-refractivity contribution in [3.63, 3.8) is 0 Å². The van der Waals surface area contributed by atoms with Crippen molar-refractivity contribution in [1.82, 2.24) is 0 Å². The second-order valence-corrected chi connectivity index (χ2v) is 11.2. The first-order valence-corrected chi connectivity index (χ1v) is 9.19. The lowest BCUT2D eigenvalue weighted by atomic mass is 10.1. The van der Waals surface area contributed by atoms with Crippen molar-refractivity contribution in [2.24, 2.45) is 0 Å². The van der Waals surface area contributed by atoms with Crippen LogP contribution in [-0.2, 0) is 4.43 Å². The Morgan fingerprint density at radius 1 is 1.24 bits per heavy atom. The summed E-state index contributed by atoms with van der Waals surface area (Å²) in [4.78, 5) is 10.3. The van der Waals surface area contributed by atoms with E-state index in [4.69, 9.17) is 4.43 Å². The van der Waals surface area contributed by atoms with E-state index >= 15 is 0 Å². The average Bonchev–Trinajstić information content (AvgIpc) is 2.11. The lowest BCUT2D eigenvalue weighted by Crippen LogP contribution is -2.43. The summed E-state index contributed by atoms with van der Waals surface area (Å²) in [5.74, 6) is 0. The number of rotatable bonds is 6. The van der Waals surface area contributed by atoms with Crippen LogP contribution in [0.15, 0.2) is 0 Å². The molecule has 0 bridgehead atoms. The van der Waals surface area contributed by atoms with Gasteiger partial charge >= 0.3 is 0 Å². The van der Waals surface area contributed by atoms with Crippen molar-refractivity contribution in [2.45, 2.75) is 77.7 Å². The molecule has 0 aliphatic rings. The third kappa shape index (κ3) is 5.63. The van der Waals surface area contributed by atoms with Gasteiger partial charge in [0.2, 0.25) is 6.04 Å². The van der Waals surface area contributed by atoms with Gasteiger partial charge in [-0.2, -0.15) is 0 Å².